The van der Waals surface area contributed by atoms with Crippen LogP contribution < -0.4 is 10.9 Å². The summed E-state index contributed by atoms with van der Waals surface area (Å²) in [6, 6.07) is 11.8. The van der Waals surface area contributed by atoms with Gasteiger partial charge in [0.25, 0.3) is 5.91 Å². The van der Waals surface area contributed by atoms with Gasteiger partial charge in [-0.2, -0.15) is 0 Å². The van der Waals surface area contributed by atoms with Gasteiger partial charge in [-0.15, -0.1) is 11.3 Å². The Labute approximate surface area is 151 Å². The molecule has 0 aliphatic heterocycles. The third-order valence-corrected chi connectivity index (χ3v) is 6.51. The van der Waals surface area contributed by atoms with Crippen LogP contribution in [0.5, 0.6) is 0 Å². The summed E-state index contributed by atoms with van der Waals surface area (Å²) in [5.41, 5.74) is 7.11. The molecule has 0 bridgehead atoms. The largest absolute Gasteiger partial charge is 0.279 e. The third-order valence-electron chi connectivity index (χ3n) is 5.27. The van der Waals surface area contributed by atoms with Crippen molar-refractivity contribution in [1.29, 1.82) is 0 Å². The Hall–Kier alpha value is -2.14. The van der Waals surface area contributed by atoms with Crippen LogP contribution in [0, 0.1) is 0 Å². The van der Waals surface area contributed by atoms with Crippen molar-refractivity contribution in [3.05, 3.63) is 57.3 Å². The lowest BCUT2D eigenvalue weighted by molar-refractivity contribution is -0.124. The lowest BCUT2D eigenvalue weighted by atomic mass is 9.95. The summed E-state index contributed by atoms with van der Waals surface area (Å²) in [7, 11) is 0. The van der Waals surface area contributed by atoms with Crippen molar-refractivity contribution < 1.29 is 9.59 Å². The first-order valence-electron chi connectivity index (χ1n) is 8.97. The maximum atomic E-state index is 12.6. The van der Waals surface area contributed by atoms with E-state index in [0.29, 0.717) is 4.88 Å². The molecule has 2 amide bonds. The SMILES string of the molecule is O=C(NNC(=O)C1(c2ccccc2)CC1)c1cc2c(s1)CCCCC2. The van der Waals surface area contributed by atoms with Gasteiger partial charge < -0.3 is 0 Å². The van der Waals surface area contributed by atoms with Crippen LogP contribution in [0.25, 0.3) is 0 Å². The Morgan fingerprint density at radius 2 is 1.72 bits per heavy atom. The third kappa shape index (κ3) is 3.21. The molecular formula is C20H22N2O2S. The molecule has 1 fully saturated rings. The Balaban J connectivity index is 1.40. The first-order valence-corrected chi connectivity index (χ1v) is 9.79. The van der Waals surface area contributed by atoms with Gasteiger partial charge in [-0.3, -0.25) is 20.4 Å². The zero-order valence-corrected chi connectivity index (χ0v) is 15.0. The van der Waals surface area contributed by atoms with Crippen LogP contribution >= 0.6 is 11.3 Å². The van der Waals surface area contributed by atoms with Crippen LogP contribution in [0.3, 0.4) is 0 Å². The highest BCUT2D eigenvalue weighted by molar-refractivity contribution is 7.14. The summed E-state index contributed by atoms with van der Waals surface area (Å²) in [5.74, 6) is -0.333. The Morgan fingerprint density at radius 1 is 0.960 bits per heavy atom. The Bertz CT molecular complexity index is 770. The van der Waals surface area contributed by atoms with Crippen molar-refractivity contribution in [3.63, 3.8) is 0 Å². The van der Waals surface area contributed by atoms with Gasteiger partial charge in [0, 0.05) is 4.88 Å². The minimum absolute atomic E-state index is 0.120. The molecular weight excluding hydrogens is 332 g/mol. The maximum Gasteiger partial charge on any atom is 0.279 e. The quantitative estimate of drug-likeness (QED) is 0.655. The monoisotopic (exact) mass is 354 g/mol. The number of amides is 2. The van der Waals surface area contributed by atoms with E-state index >= 15 is 0 Å². The second kappa shape index (κ2) is 6.64. The van der Waals surface area contributed by atoms with E-state index in [4.69, 9.17) is 0 Å². The molecule has 0 radical (unpaired) electrons. The summed E-state index contributed by atoms with van der Waals surface area (Å²) in [6.07, 6.45) is 7.43. The number of rotatable bonds is 3. The zero-order chi connectivity index (χ0) is 17.3. The van der Waals surface area contributed by atoms with Crippen molar-refractivity contribution in [2.75, 3.05) is 0 Å². The number of carbonyl (C=O) groups is 2. The fraction of sp³-hybridized carbons (Fsp3) is 0.400. The van der Waals surface area contributed by atoms with Gasteiger partial charge in [0.15, 0.2) is 0 Å². The number of hydrazine groups is 1. The molecule has 2 N–H and O–H groups in total. The van der Waals surface area contributed by atoms with Crippen LogP contribution in [-0.4, -0.2) is 11.8 Å². The number of hydrogen-bond acceptors (Lipinski definition) is 3. The summed E-state index contributed by atoms with van der Waals surface area (Å²) in [6.45, 7) is 0. The standard InChI is InChI=1S/C20H22N2O2S/c23-18(17-13-14-7-3-1-6-10-16(14)25-17)21-22-19(24)20(11-12-20)15-8-4-2-5-9-15/h2,4-5,8-9,13H,1,3,6-7,10-12H2,(H,21,23)(H,22,24). The Morgan fingerprint density at radius 3 is 2.48 bits per heavy atom. The Kier molecular flexibility index (Phi) is 4.34. The maximum absolute atomic E-state index is 12.6. The van der Waals surface area contributed by atoms with E-state index < -0.39 is 5.41 Å². The zero-order valence-electron chi connectivity index (χ0n) is 14.1. The lowest BCUT2D eigenvalue weighted by Gasteiger charge is -2.15. The molecule has 1 heterocycles. The molecule has 2 aromatic rings. The fourth-order valence-electron chi connectivity index (χ4n) is 3.60. The van der Waals surface area contributed by atoms with Crippen molar-refractivity contribution in [2.24, 2.45) is 0 Å². The van der Waals surface area contributed by atoms with Crippen LogP contribution in [0.2, 0.25) is 0 Å². The van der Waals surface area contributed by atoms with Crippen molar-refractivity contribution in [1.82, 2.24) is 10.9 Å². The average Bonchev–Trinajstić information content (AvgIpc) is 3.41. The fourth-order valence-corrected chi connectivity index (χ4v) is 4.75. The van der Waals surface area contributed by atoms with Crippen molar-refractivity contribution in [3.8, 4) is 0 Å². The van der Waals surface area contributed by atoms with Crippen LogP contribution in [0.1, 0.15) is 57.8 Å². The number of nitrogens with one attached hydrogen (secondary N) is 2. The molecule has 25 heavy (non-hydrogen) atoms. The molecule has 130 valence electrons. The van der Waals surface area contributed by atoms with E-state index in [1.807, 2.05) is 36.4 Å². The van der Waals surface area contributed by atoms with Gasteiger partial charge in [-0.25, -0.2) is 0 Å². The first-order chi connectivity index (χ1) is 12.2. The van der Waals surface area contributed by atoms with E-state index in [-0.39, 0.29) is 11.8 Å². The predicted octanol–water partition coefficient (Wildman–Crippen LogP) is 3.51. The van der Waals surface area contributed by atoms with Crippen molar-refractivity contribution in [2.45, 2.75) is 50.4 Å². The van der Waals surface area contributed by atoms with Crippen LogP contribution in [0.15, 0.2) is 36.4 Å². The highest BCUT2D eigenvalue weighted by Gasteiger charge is 2.51. The minimum Gasteiger partial charge on any atom is -0.272 e. The highest BCUT2D eigenvalue weighted by atomic mass is 32.1. The lowest BCUT2D eigenvalue weighted by Crippen LogP contribution is -2.46. The molecule has 1 saturated carbocycles. The summed E-state index contributed by atoms with van der Waals surface area (Å²) < 4.78 is 0. The van der Waals surface area contributed by atoms with Gasteiger partial charge in [0.2, 0.25) is 5.91 Å². The predicted molar refractivity (Wildman–Crippen MR) is 98.5 cm³/mol. The molecule has 0 saturated heterocycles. The van der Waals surface area contributed by atoms with E-state index in [1.165, 1.54) is 29.7 Å². The second-order valence-electron chi connectivity index (χ2n) is 6.98. The molecule has 4 rings (SSSR count). The molecule has 1 aromatic heterocycles. The number of carbonyl (C=O) groups excluding carboxylic acids is 2. The smallest absolute Gasteiger partial charge is 0.272 e. The van der Waals surface area contributed by atoms with E-state index in [1.54, 1.807) is 11.3 Å². The van der Waals surface area contributed by atoms with E-state index in [0.717, 1.165) is 31.2 Å². The first kappa shape index (κ1) is 16.3. The average molecular weight is 354 g/mol. The van der Waals surface area contributed by atoms with Gasteiger partial charge in [0.1, 0.15) is 0 Å². The number of hydrogen-bond donors (Lipinski definition) is 2. The molecule has 2 aliphatic carbocycles. The van der Waals surface area contributed by atoms with Gasteiger partial charge in [-0.1, -0.05) is 36.8 Å². The number of fused-ring (bicyclic) bond motifs is 1. The molecule has 0 atom stereocenters. The minimum atomic E-state index is -0.471. The van der Waals surface area contributed by atoms with Gasteiger partial charge in [0.05, 0.1) is 10.3 Å². The van der Waals surface area contributed by atoms with Crippen LogP contribution in [0.4, 0.5) is 0 Å². The second-order valence-corrected chi connectivity index (χ2v) is 8.11. The summed E-state index contributed by atoms with van der Waals surface area (Å²) in [4.78, 5) is 27.0. The normalized spacial score (nSPS) is 17.9. The molecule has 0 spiro atoms. The van der Waals surface area contributed by atoms with Gasteiger partial charge >= 0.3 is 0 Å². The number of thiophene rings is 1. The summed E-state index contributed by atoms with van der Waals surface area (Å²) >= 11 is 1.56. The van der Waals surface area contributed by atoms with Gasteiger partial charge in [-0.05, 0) is 55.7 Å². The topological polar surface area (TPSA) is 58.2 Å². The highest BCUT2D eigenvalue weighted by Crippen LogP contribution is 2.48. The van der Waals surface area contributed by atoms with E-state index in [2.05, 4.69) is 10.9 Å². The molecule has 0 unspecified atom stereocenters. The van der Waals surface area contributed by atoms with Crippen LogP contribution in [-0.2, 0) is 23.1 Å². The molecule has 2 aliphatic rings. The van der Waals surface area contributed by atoms with E-state index in [9.17, 15) is 9.59 Å². The summed E-state index contributed by atoms with van der Waals surface area (Å²) in [5, 5.41) is 0. The molecule has 1 aromatic carbocycles. The molecule has 4 nitrogen and oxygen atoms in total. The number of benzene rings is 1. The molecule has 5 heteroatoms. The number of aryl methyl sites for hydroxylation is 2. The van der Waals surface area contributed by atoms with Crippen molar-refractivity contribution >= 4 is 23.2 Å².